The number of piperidine rings is 1. The molecule has 0 saturated carbocycles. The Morgan fingerprint density at radius 3 is 2.25 bits per heavy atom. The monoisotopic (exact) mass is 330 g/mol. The zero-order valence-electron chi connectivity index (χ0n) is 14.0. The molecule has 1 N–H and O–H groups in total. The molecule has 0 atom stereocenters. The fourth-order valence-electron chi connectivity index (χ4n) is 3.22. The summed E-state index contributed by atoms with van der Waals surface area (Å²) in [5, 5.41) is 2.54. The van der Waals surface area contributed by atoms with E-state index in [1.807, 2.05) is 43.3 Å². The zero-order chi connectivity index (χ0) is 17.3. The number of anilines is 1. The van der Waals surface area contributed by atoms with Gasteiger partial charge in [-0.1, -0.05) is 0 Å². The van der Waals surface area contributed by atoms with Crippen LogP contribution in [0.5, 0.6) is 0 Å². The third-order valence-electron chi connectivity index (χ3n) is 4.63. The maximum absolute atomic E-state index is 12.6. The van der Waals surface area contributed by atoms with E-state index in [-0.39, 0.29) is 30.4 Å². The number of nitrogens with one attached hydrogen (secondary N) is 1. The third-order valence-corrected chi connectivity index (χ3v) is 4.63. The number of imide groups is 1. The number of amides is 4. The van der Waals surface area contributed by atoms with Gasteiger partial charge in [0, 0.05) is 44.5 Å². The van der Waals surface area contributed by atoms with Crippen molar-refractivity contribution in [3.8, 4) is 0 Å². The molecule has 2 aliphatic rings. The summed E-state index contributed by atoms with van der Waals surface area (Å²) in [7, 11) is 3.91. The van der Waals surface area contributed by atoms with Crippen LogP contribution in [0.1, 0.15) is 23.2 Å². The molecule has 2 fully saturated rings. The molecule has 24 heavy (non-hydrogen) atoms. The smallest absolute Gasteiger partial charge is 0.324 e. The van der Waals surface area contributed by atoms with Gasteiger partial charge in [-0.2, -0.15) is 0 Å². The van der Waals surface area contributed by atoms with E-state index in [1.54, 1.807) is 4.90 Å². The van der Waals surface area contributed by atoms with E-state index >= 15 is 0 Å². The van der Waals surface area contributed by atoms with Crippen LogP contribution in [0.15, 0.2) is 24.3 Å². The van der Waals surface area contributed by atoms with Crippen LogP contribution in [-0.2, 0) is 4.79 Å². The van der Waals surface area contributed by atoms with Gasteiger partial charge in [-0.15, -0.1) is 0 Å². The average molecular weight is 330 g/mol. The quantitative estimate of drug-likeness (QED) is 0.836. The molecule has 0 bridgehead atoms. The van der Waals surface area contributed by atoms with Crippen LogP contribution in [0.4, 0.5) is 10.5 Å². The number of likely N-dealkylation sites (tertiary alicyclic amines) is 1. The van der Waals surface area contributed by atoms with Crippen LogP contribution in [0.25, 0.3) is 0 Å². The Bertz CT molecular complexity index is 632. The fourth-order valence-corrected chi connectivity index (χ4v) is 3.22. The van der Waals surface area contributed by atoms with Crippen molar-refractivity contribution in [2.75, 3.05) is 38.6 Å². The minimum atomic E-state index is -0.316. The van der Waals surface area contributed by atoms with Crippen LogP contribution >= 0.6 is 0 Å². The van der Waals surface area contributed by atoms with E-state index in [4.69, 9.17) is 0 Å². The number of urea groups is 1. The first-order valence-corrected chi connectivity index (χ1v) is 8.14. The molecule has 0 radical (unpaired) electrons. The van der Waals surface area contributed by atoms with Crippen molar-refractivity contribution in [2.45, 2.75) is 18.9 Å². The number of carbonyl (C=O) groups is 3. The molecular weight excluding hydrogens is 308 g/mol. The zero-order valence-corrected chi connectivity index (χ0v) is 14.0. The van der Waals surface area contributed by atoms with Gasteiger partial charge in [0.05, 0.1) is 6.54 Å². The lowest BCUT2D eigenvalue weighted by molar-refractivity contribution is -0.127. The van der Waals surface area contributed by atoms with Crippen molar-refractivity contribution < 1.29 is 14.4 Å². The largest absolute Gasteiger partial charge is 0.378 e. The van der Waals surface area contributed by atoms with E-state index in [9.17, 15) is 14.4 Å². The molecule has 1 aromatic carbocycles. The maximum atomic E-state index is 12.6. The highest BCUT2D eigenvalue weighted by Crippen LogP contribution is 2.21. The molecule has 3 rings (SSSR count). The summed E-state index contributed by atoms with van der Waals surface area (Å²) in [6.45, 7) is 1.18. The lowest BCUT2D eigenvalue weighted by Gasteiger charge is -2.35. The second kappa shape index (κ2) is 6.51. The molecule has 0 aliphatic carbocycles. The Balaban J connectivity index is 1.61. The van der Waals surface area contributed by atoms with Gasteiger partial charge in [0.25, 0.3) is 5.91 Å². The molecule has 0 unspecified atom stereocenters. The van der Waals surface area contributed by atoms with Crippen LogP contribution in [0, 0.1) is 0 Å². The fraction of sp³-hybridized carbons (Fsp3) is 0.471. The first-order valence-electron chi connectivity index (χ1n) is 8.14. The van der Waals surface area contributed by atoms with Crippen LogP contribution < -0.4 is 10.2 Å². The Kier molecular flexibility index (Phi) is 4.42. The highest BCUT2D eigenvalue weighted by Gasteiger charge is 2.37. The lowest BCUT2D eigenvalue weighted by atomic mass is 10.0. The van der Waals surface area contributed by atoms with Crippen molar-refractivity contribution in [3.63, 3.8) is 0 Å². The Labute approximate surface area is 141 Å². The summed E-state index contributed by atoms with van der Waals surface area (Å²) in [5.74, 6) is -0.181. The Morgan fingerprint density at radius 1 is 1.12 bits per heavy atom. The minimum absolute atomic E-state index is 0.00374. The molecule has 128 valence electrons. The number of hydrogen-bond donors (Lipinski definition) is 1. The average Bonchev–Trinajstić information content (AvgIpc) is 2.93. The van der Waals surface area contributed by atoms with E-state index < -0.39 is 0 Å². The summed E-state index contributed by atoms with van der Waals surface area (Å²) in [4.78, 5) is 41.2. The molecular formula is C17H22N4O3. The van der Waals surface area contributed by atoms with E-state index in [2.05, 4.69) is 5.32 Å². The van der Waals surface area contributed by atoms with Crippen molar-refractivity contribution in [1.82, 2.24) is 15.1 Å². The molecule has 2 heterocycles. The van der Waals surface area contributed by atoms with Gasteiger partial charge in [0.2, 0.25) is 5.91 Å². The number of rotatable bonds is 3. The molecule has 2 aliphatic heterocycles. The highest BCUT2D eigenvalue weighted by atomic mass is 16.2. The Morgan fingerprint density at radius 2 is 1.75 bits per heavy atom. The molecule has 7 heteroatoms. The number of hydrogen-bond acceptors (Lipinski definition) is 4. The molecule has 7 nitrogen and oxygen atoms in total. The lowest BCUT2D eigenvalue weighted by Crippen LogP contribution is -2.49. The normalized spacial score (nSPS) is 18.8. The second-order valence-electron chi connectivity index (χ2n) is 6.39. The first-order chi connectivity index (χ1) is 11.5. The molecule has 0 aromatic heterocycles. The SMILES string of the molecule is CN(C)c1ccc(C(=O)N2CCC(N3C(=O)CNC3=O)CC2)cc1. The number of nitrogens with zero attached hydrogens (tertiary/aromatic N) is 3. The topological polar surface area (TPSA) is 73.0 Å². The highest BCUT2D eigenvalue weighted by molar-refractivity contribution is 6.02. The molecule has 4 amide bonds. The number of carbonyl (C=O) groups excluding carboxylic acids is 3. The van der Waals surface area contributed by atoms with E-state index in [0.29, 0.717) is 31.5 Å². The summed E-state index contributed by atoms with van der Waals surface area (Å²) in [5.41, 5.74) is 1.71. The van der Waals surface area contributed by atoms with Crippen molar-refractivity contribution in [2.24, 2.45) is 0 Å². The van der Waals surface area contributed by atoms with Gasteiger partial charge in [-0.05, 0) is 37.1 Å². The van der Waals surface area contributed by atoms with Crippen LogP contribution in [-0.4, -0.2) is 67.4 Å². The van der Waals surface area contributed by atoms with Gasteiger partial charge in [-0.25, -0.2) is 4.79 Å². The minimum Gasteiger partial charge on any atom is -0.378 e. The summed E-state index contributed by atoms with van der Waals surface area (Å²) in [6, 6.07) is 7.09. The predicted octanol–water partition coefficient (Wildman–Crippen LogP) is 0.909. The predicted molar refractivity (Wildman–Crippen MR) is 89.9 cm³/mol. The number of benzene rings is 1. The third kappa shape index (κ3) is 3.06. The van der Waals surface area contributed by atoms with Gasteiger partial charge in [-0.3, -0.25) is 14.5 Å². The standard InChI is InChI=1S/C17H22N4O3/c1-19(2)13-5-3-12(4-6-13)16(23)20-9-7-14(8-10-20)21-15(22)11-18-17(21)24/h3-6,14H,7-11H2,1-2H3,(H,18,24). The Hall–Kier alpha value is -2.57. The second-order valence-corrected chi connectivity index (χ2v) is 6.39. The van der Waals surface area contributed by atoms with Gasteiger partial charge in [0.15, 0.2) is 0 Å². The van der Waals surface area contributed by atoms with Gasteiger partial charge < -0.3 is 15.1 Å². The summed E-state index contributed by atoms with van der Waals surface area (Å²) in [6.07, 6.45) is 1.25. The maximum Gasteiger partial charge on any atom is 0.324 e. The van der Waals surface area contributed by atoms with Gasteiger partial charge in [0.1, 0.15) is 0 Å². The summed E-state index contributed by atoms with van der Waals surface area (Å²) >= 11 is 0. The van der Waals surface area contributed by atoms with Gasteiger partial charge >= 0.3 is 6.03 Å². The molecule has 1 aromatic rings. The molecule has 2 saturated heterocycles. The van der Waals surface area contributed by atoms with Crippen LogP contribution in [0.2, 0.25) is 0 Å². The van der Waals surface area contributed by atoms with Crippen molar-refractivity contribution in [1.29, 1.82) is 0 Å². The van der Waals surface area contributed by atoms with E-state index in [1.165, 1.54) is 4.90 Å². The van der Waals surface area contributed by atoms with Crippen molar-refractivity contribution in [3.05, 3.63) is 29.8 Å². The first kappa shape index (κ1) is 16.3. The summed E-state index contributed by atoms with van der Waals surface area (Å²) < 4.78 is 0. The van der Waals surface area contributed by atoms with E-state index in [0.717, 1.165) is 5.69 Å². The van der Waals surface area contributed by atoms with Crippen molar-refractivity contribution >= 4 is 23.5 Å². The van der Waals surface area contributed by atoms with Crippen LogP contribution in [0.3, 0.4) is 0 Å². The molecule has 0 spiro atoms.